The average molecular weight is 288 g/mol. The molecule has 0 aromatic carbocycles. The summed E-state index contributed by atoms with van der Waals surface area (Å²) in [6.07, 6.45) is -3.35. The standard InChI is InChI=1S/C6H11F7OSi2/c1-3(7)5(10,11)6(12,13)4(8,9)2-16-14-15/h3H,2,16H2,1,15H3. The van der Waals surface area contributed by atoms with Gasteiger partial charge in [0.25, 0.3) is 0 Å². The number of rotatable bonds is 6. The Morgan fingerprint density at radius 2 is 1.62 bits per heavy atom. The molecule has 1 unspecified atom stereocenters. The van der Waals surface area contributed by atoms with E-state index in [0.717, 1.165) is 0 Å². The predicted octanol–water partition coefficient (Wildman–Crippen LogP) is 1.05. The van der Waals surface area contributed by atoms with Crippen LogP contribution >= 0.6 is 0 Å². The van der Waals surface area contributed by atoms with Crippen LogP contribution in [0, 0.1) is 0 Å². The molecule has 0 saturated carbocycles. The third-order valence-corrected chi connectivity index (χ3v) is 4.46. The first-order valence-corrected chi connectivity index (χ1v) is 6.66. The maximum absolute atomic E-state index is 12.8. The highest BCUT2D eigenvalue weighted by Gasteiger charge is 2.73. The van der Waals surface area contributed by atoms with Gasteiger partial charge in [-0.1, -0.05) is 0 Å². The van der Waals surface area contributed by atoms with E-state index in [1.54, 1.807) is 0 Å². The Morgan fingerprint density at radius 3 is 1.94 bits per heavy atom. The third-order valence-electron chi connectivity index (χ3n) is 2.00. The fraction of sp³-hybridized carbons (Fsp3) is 1.00. The van der Waals surface area contributed by atoms with Gasteiger partial charge in [0.05, 0.1) is 0 Å². The van der Waals surface area contributed by atoms with Crippen molar-refractivity contribution in [1.82, 2.24) is 0 Å². The van der Waals surface area contributed by atoms with Gasteiger partial charge in [-0.2, -0.15) is 26.3 Å². The second-order valence-electron chi connectivity index (χ2n) is 3.26. The van der Waals surface area contributed by atoms with Crippen molar-refractivity contribution < 1.29 is 34.8 Å². The Morgan fingerprint density at radius 1 is 1.19 bits per heavy atom. The molecule has 0 aliphatic carbocycles. The molecule has 0 saturated heterocycles. The molecule has 10 heteroatoms. The van der Waals surface area contributed by atoms with Crippen molar-refractivity contribution in [3.63, 3.8) is 0 Å². The van der Waals surface area contributed by atoms with Gasteiger partial charge in [0, 0.05) is 6.04 Å². The minimum atomic E-state index is -5.71. The molecule has 0 rings (SSSR count). The maximum atomic E-state index is 12.8. The predicted molar refractivity (Wildman–Crippen MR) is 49.8 cm³/mol. The summed E-state index contributed by atoms with van der Waals surface area (Å²) in [5.41, 5.74) is 0. The molecule has 1 nitrogen and oxygen atoms in total. The van der Waals surface area contributed by atoms with Gasteiger partial charge < -0.3 is 4.12 Å². The third kappa shape index (κ3) is 2.77. The minimum absolute atomic E-state index is 0.0771. The minimum Gasteiger partial charge on any atom is -0.468 e. The molecule has 0 bridgehead atoms. The van der Waals surface area contributed by atoms with E-state index < -0.39 is 39.7 Å². The summed E-state index contributed by atoms with van der Waals surface area (Å²) in [7, 11) is -1.89. The highest BCUT2D eigenvalue weighted by molar-refractivity contribution is 6.34. The molecule has 0 heterocycles. The lowest BCUT2D eigenvalue weighted by molar-refractivity contribution is -0.317. The first-order valence-electron chi connectivity index (χ1n) is 4.27. The van der Waals surface area contributed by atoms with Crippen molar-refractivity contribution in [1.29, 1.82) is 0 Å². The lowest BCUT2D eigenvalue weighted by atomic mass is 10.0. The zero-order chi connectivity index (χ0) is 13.2. The zero-order valence-electron chi connectivity index (χ0n) is 8.55. The molecule has 0 aliphatic rings. The summed E-state index contributed by atoms with van der Waals surface area (Å²) in [4.78, 5) is 0. The number of alkyl halides is 7. The normalized spacial score (nSPS) is 17.2. The largest absolute Gasteiger partial charge is 0.468 e. The van der Waals surface area contributed by atoms with Gasteiger partial charge in [0.15, 0.2) is 15.9 Å². The quantitative estimate of drug-likeness (QED) is 0.524. The molecule has 1 atom stereocenters. The van der Waals surface area contributed by atoms with Crippen LogP contribution in [0.25, 0.3) is 0 Å². The van der Waals surface area contributed by atoms with Gasteiger partial charge in [-0.05, 0) is 6.92 Å². The molecule has 98 valence electrons. The number of hydrogen-bond donors (Lipinski definition) is 0. The summed E-state index contributed by atoms with van der Waals surface area (Å²) in [5.74, 6) is -16.1. The number of halogens is 7. The molecule has 0 spiro atoms. The van der Waals surface area contributed by atoms with Gasteiger partial charge in [-0.25, -0.2) is 4.39 Å². The van der Waals surface area contributed by atoms with Crippen LogP contribution in [-0.2, 0) is 4.12 Å². The highest BCUT2D eigenvalue weighted by Crippen LogP contribution is 2.49. The van der Waals surface area contributed by atoms with Crippen molar-refractivity contribution in [3.8, 4) is 0 Å². The Labute approximate surface area is 92.8 Å². The molecule has 0 amide bonds. The van der Waals surface area contributed by atoms with Crippen molar-refractivity contribution >= 4 is 20.2 Å². The maximum Gasteiger partial charge on any atom is 0.374 e. The lowest BCUT2D eigenvalue weighted by Gasteiger charge is -2.33. The van der Waals surface area contributed by atoms with E-state index in [9.17, 15) is 30.7 Å². The van der Waals surface area contributed by atoms with Crippen LogP contribution in [0.1, 0.15) is 6.92 Å². The van der Waals surface area contributed by atoms with E-state index in [1.807, 2.05) is 0 Å². The van der Waals surface area contributed by atoms with Crippen LogP contribution < -0.4 is 0 Å². The fourth-order valence-corrected chi connectivity index (χ4v) is 2.27. The van der Waals surface area contributed by atoms with E-state index in [1.165, 1.54) is 0 Å². The topological polar surface area (TPSA) is 9.23 Å². The molecule has 0 N–H and O–H groups in total. The van der Waals surface area contributed by atoms with E-state index in [4.69, 9.17) is 0 Å². The van der Waals surface area contributed by atoms with Crippen LogP contribution in [0.15, 0.2) is 0 Å². The van der Waals surface area contributed by atoms with Crippen molar-refractivity contribution in [2.75, 3.05) is 0 Å². The average Bonchev–Trinajstić information content (AvgIpc) is 2.13. The zero-order valence-corrected chi connectivity index (χ0v) is 12.0. The lowest BCUT2D eigenvalue weighted by Crippen LogP contribution is -2.58. The second-order valence-corrected chi connectivity index (χ2v) is 6.48. The van der Waals surface area contributed by atoms with E-state index >= 15 is 0 Å². The van der Waals surface area contributed by atoms with Gasteiger partial charge in [-0.15, -0.1) is 0 Å². The fourth-order valence-electron chi connectivity index (χ4n) is 0.881. The van der Waals surface area contributed by atoms with Crippen molar-refractivity contribution in [2.24, 2.45) is 0 Å². The van der Waals surface area contributed by atoms with Crippen LogP contribution in [0.2, 0.25) is 6.04 Å². The van der Waals surface area contributed by atoms with Crippen LogP contribution in [0.4, 0.5) is 30.7 Å². The van der Waals surface area contributed by atoms with Gasteiger partial charge in [-0.3, -0.25) is 0 Å². The highest BCUT2D eigenvalue weighted by atomic mass is 28.3. The van der Waals surface area contributed by atoms with E-state index in [-0.39, 0.29) is 17.4 Å². The van der Waals surface area contributed by atoms with Crippen molar-refractivity contribution in [3.05, 3.63) is 0 Å². The van der Waals surface area contributed by atoms with E-state index in [0.29, 0.717) is 0 Å². The van der Waals surface area contributed by atoms with Gasteiger partial charge >= 0.3 is 17.8 Å². The molecule has 0 aromatic rings. The van der Waals surface area contributed by atoms with Crippen LogP contribution in [-0.4, -0.2) is 44.2 Å². The SMILES string of the molecule is CC(F)C(F)(F)C(F)(F)C(F)(F)C[SiH2]O[SiH3]. The first-order chi connectivity index (χ1) is 7.00. The monoisotopic (exact) mass is 288 g/mol. The van der Waals surface area contributed by atoms with Crippen molar-refractivity contribution in [2.45, 2.75) is 36.9 Å². The second kappa shape index (κ2) is 5.04. The number of hydrogen-bond acceptors (Lipinski definition) is 1. The Bertz CT molecular complexity index is 233. The van der Waals surface area contributed by atoms with Gasteiger partial charge in [0.2, 0.25) is 0 Å². The summed E-state index contributed by atoms with van der Waals surface area (Å²) >= 11 is 0. The van der Waals surface area contributed by atoms with E-state index in [2.05, 4.69) is 4.12 Å². The van der Waals surface area contributed by atoms with Crippen LogP contribution in [0.3, 0.4) is 0 Å². The Balaban J connectivity index is 5.01. The first kappa shape index (κ1) is 15.9. The molecular weight excluding hydrogens is 277 g/mol. The molecular formula is C6H11F7OSi2. The molecule has 0 radical (unpaired) electrons. The van der Waals surface area contributed by atoms with Gasteiger partial charge in [0.1, 0.15) is 10.5 Å². The summed E-state index contributed by atoms with van der Waals surface area (Å²) in [6, 6.07) is -1.44. The Kier molecular flexibility index (Phi) is 5.01. The Hall–Kier alpha value is -0.0962. The van der Waals surface area contributed by atoms with Crippen LogP contribution in [0.5, 0.6) is 0 Å². The molecule has 0 aliphatic heterocycles. The summed E-state index contributed by atoms with van der Waals surface area (Å²) in [6.45, 7) is 0.116. The molecule has 16 heavy (non-hydrogen) atoms. The summed E-state index contributed by atoms with van der Waals surface area (Å²) < 4.78 is 93.1. The summed E-state index contributed by atoms with van der Waals surface area (Å²) in [5, 5.41) is 0. The molecule has 0 aromatic heterocycles. The molecule has 0 fully saturated rings. The smallest absolute Gasteiger partial charge is 0.374 e.